The molecule has 0 amide bonds. The molecular weight excluding hydrogens is 188 g/mol. The largest absolute Gasteiger partial charge is 0.285 e. The van der Waals surface area contributed by atoms with Crippen molar-refractivity contribution in [2.24, 2.45) is 7.05 Å². The lowest BCUT2D eigenvalue weighted by Crippen LogP contribution is -2.08. The van der Waals surface area contributed by atoms with Gasteiger partial charge in [0.05, 0.1) is 17.9 Å². The zero-order valence-electron chi connectivity index (χ0n) is 6.84. The van der Waals surface area contributed by atoms with E-state index in [4.69, 9.17) is 0 Å². The lowest BCUT2D eigenvalue weighted by Gasteiger charge is -1.95. The molecule has 0 aliphatic heterocycles. The Hall–Kier alpha value is -1.56. The van der Waals surface area contributed by atoms with Crippen molar-refractivity contribution >= 4 is 17.5 Å². The van der Waals surface area contributed by atoms with E-state index in [1.54, 1.807) is 19.3 Å². The van der Waals surface area contributed by atoms with Crippen molar-refractivity contribution < 1.29 is 4.79 Å². The zero-order chi connectivity index (χ0) is 9.26. The number of hydrogen-bond acceptors (Lipinski definition) is 5. The van der Waals surface area contributed by atoms with Crippen molar-refractivity contribution in [2.75, 3.05) is 0 Å². The van der Waals surface area contributed by atoms with Gasteiger partial charge in [-0.05, 0) is 6.07 Å². The van der Waals surface area contributed by atoms with Crippen LogP contribution in [0, 0.1) is 0 Å². The lowest BCUT2D eigenvalue weighted by molar-refractivity contribution is 0.102. The van der Waals surface area contributed by atoms with Crippen molar-refractivity contribution in [3.05, 3.63) is 29.8 Å². The van der Waals surface area contributed by atoms with Gasteiger partial charge in [0.2, 0.25) is 5.78 Å². The van der Waals surface area contributed by atoms with Gasteiger partial charge in [0, 0.05) is 13.2 Å². The van der Waals surface area contributed by atoms with E-state index >= 15 is 0 Å². The van der Waals surface area contributed by atoms with Crippen molar-refractivity contribution in [1.29, 1.82) is 0 Å². The molecule has 0 atom stereocenters. The summed E-state index contributed by atoms with van der Waals surface area (Å²) in [4.78, 5) is 11.6. The Labute approximate surface area is 78.3 Å². The SMILES string of the molecule is Cn1nccc1C(=O)c1cnsn1. The Bertz CT molecular complexity index is 419. The van der Waals surface area contributed by atoms with Crippen molar-refractivity contribution in [3.8, 4) is 0 Å². The molecule has 2 aromatic heterocycles. The van der Waals surface area contributed by atoms with Gasteiger partial charge in [0.25, 0.3) is 0 Å². The molecule has 0 aliphatic rings. The molecule has 6 heteroatoms. The number of carbonyl (C=O) groups is 1. The van der Waals surface area contributed by atoms with Gasteiger partial charge in [0.1, 0.15) is 11.4 Å². The number of aromatic nitrogens is 4. The quantitative estimate of drug-likeness (QED) is 0.653. The van der Waals surface area contributed by atoms with E-state index in [0.29, 0.717) is 11.4 Å². The summed E-state index contributed by atoms with van der Waals surface area (Å²) in [6.07, 6.45) is 3.03. The summed E-state index contributed by atoms with van der Waals surface area (Å²) in [5.41, 5.74) is 0.890. The van der Waals surface area contributed by atoms with E-state index in [-0.39, 0.29) is 5.78 Å². The molecule has 2 heterocycles. The fraction of sp³-hybridized carbons (Fsp3) is 0.143. The predicted octanol–water partition coefficient (Wildman–Crippen LogP) is 0.503. The molecule has 0 saturated carbocycles. The van der Waals surface area contributed by atoms with Gasteiger partial charge in [0.15, 0.2) is 0 Å². The molecule has 13 heavy (non-hydrogen) atoms. The maximum absolute atomic E-state index is 11.6. The highest BCUT2D eigenvalue weighted by molar-refractivity contribution is 6.99. The summed E-state index contributed by atoms with van der Waals surface area (Å²) in [7, 11) is 1.72. The summed E-state index contributed by atoms with van der Waals surface area (Å²) < 4.78 is 9.13. The van der Waals surface area contributed by atoms with Gasteiger partial charge in [-0.3, -0.25) is 9.48 Å². The second kappa shape index (κ2) is 3.06. The summed E-state index contributed by atoms with van der Waals surface area (Å²) in [5, 5.41) is 3.90. The van der Waals surface area contributed by atoms with Crippen LogP contribution in [0.15, 0.2) is 18.5 Å². The molecule has 5 nitrogen and oxygen atoms in total. The van der Waals surface area contributed by atoms with Crippen LogP contribution in [0.1, 0.15) is 16.2 Å². The average Bonchev–Trinajstić information content (AvgIpc) is 2.72. The minimum Gasteiger partial charge on any atom is -0.285 e. The number of rotatable bonds is 2. The van der Waals surface area contributed by atoms with Crippen LogP contribution in [0.4, 0.5) is 0 Å². The first-order valence-corrected chi connectivity index (χ1v) is 4.32. The standard InChI is InChI=1S/C7H6N4OS/c1-11-6(2-3-8-11)7(12)5-4-9-13-10-5/h2-4H,1H3. The van der Waals surface area contributed by atoms with E-state index in [1.807, 2.05) is 0 Å². The molecule has 0 aliphatic carbocycles. The van der Waals surface area contributed by atoms with E-state index in [2.05, 4.69) is 13.8 Å². The molecule has 0 N–H and O–H groups in total. The normalized spacial score (nSPS) is 10.2. The molecule has 0 spiro atoms. The van der Waals surface area contributed by atoms with Gasteiger partial charge in [-0.2, -0.15) is 13.8 Å². The Morgan fingerprint density at radius 1 is 1.62 bits per heavy atom. The van der Waals surface area contributed by atoms with E-state index in [1.165, 1.54) is 10.9 Å². The second-order valence-corrected chi connectivity index (χ2v) is 3.02. The molecule has 0 saturated heterocycles. The Kier molecular flexibility index (Phi) is 1.90. The van der Waals surface area contributed by atoms with Gasteiger partial charge < -0.3 is 0 Å². The van der Waals surface area contributed by atoms with Crippen molar-refractivity contribution in [1.82, 2.24) is 18.5 Å². The fourth-order valence-corrected chi connectivity index (χ4v) is 1.40. The van der Waals surface area contributed by atoms with E-state index in [0.717, 1.165) is 11.7 Å². The number of ketones is 1. The molecule has 0 bridgehead atoms. The molecule has 2 rings (SSSR count). The number of aryl methyl sites for hydroxylation is 1. The maximum Gasteiger partial charge on any atom is 0.232 e. The van der Waals surface area contributed by atoms with Gasteiger partial charge in [-0.25, -0.2) is 0 Å². The fourth-order valence-electron chi connectivity index (χ4n) is 0.993. The second-order valence-electron chi connectivity index (χ2n) is 2.46. The van der Waals surface area contributed by atoms with Crippen LogP contribution >= 0.6 is 11.7 Å². The molecule has 66 valence electrons. The first kappa shape index (κ1) is 8.06. The molecule has 0 radical (unpaired) electrons. The maximum atomic E-state index is 11.6. The van der Waals surface area contributed by atoms with Gasteiger partial charge in [-0.1, -0.05) is 0 Å². The van der Waals surface area contributed by atoms with Crippen LogP contribution in [-0.2, 0) is 7.05 Å². The van der Waals surface area contributed by atoms with Crippen LogP contribution in [0.5, 0.6) is 0 Å². The first-order chi connectivity index (χ1) is 6.29. The smallest absolute Gasteiger partial charge is 0.232 e. The molecular formula is C7H6N4OS. The first-order valence-electron chi connectivity index (χ1n) is 3.59. The minimum absolute atomic E-state index is 0.145. The van der Waals surface area contributed by atoms with E-state index < -0.39 is 0 Å². The average molecular weight is 194 g/mol. The van der Waals surface area contributed by atoms with Crippen molar-refractivity contribution in [2.45, 2.75) is 0 Å². The highest BCUT2D eigenvalue weighted by Crippen LogP contribution is 2.05. The highest BCUT2D eigenvalue weighted by Gasteiger charge is 2.14. The third-order valence-corrected chi connectivity index (χ3v) is 2.13. The summed E-state index contributed by atoms with van der Waals surface area (Å²) in [6, 6.07) is 1.65. The third kappa shape index (κ3) is 1.35. The molecule has 0 unspecified atom stereocenters. The monoisotopic (exact) mass is 194 g/mol. The third-order valence-electron chi connectivity index (χ3n) is 1.65. The summed E-state index contributed by atoms with van der Waals surface area (Å²) in [5.74, 6) is -0.145. The topological polar surface area (TPSA) is 60.7 Å². The van der Waals surface area contributed by atoms with Gasteiger partial charge >= 0.3 is 0 Å². The number of carbonyl (C=O) groups excluding carboxylic acids is 1. The predicted molar refractivity (Wildman–Crippen MR) is 46.5 cm³/mol. The van der Waals surface area contributed by atoms with Crippen LogP contribution < -0.4 is 0 Å². The summed E-state index contributed by atoms with van der Waals surface area (Å²) in [6.45, 7) is 0. The molecule has 0 aromatic carbocycles. The minimum atomic E-state index is -0.145. The van der Waals surface area contributed by atoms with Crippen LogP contribution in [0.25, 0.3) is 0 Å². The Balaban J connectivity index is 2.39. The van der Waals surface area contributed by atoms with Crippen LogP contribution in [0.3, 0.4) is 0 Å². The Morgan fingerprint density at radius 2 is 2.46 bits per heavy atom. The van der Waals surface area contributed by atoms with Crippen molar-refractivity contribution in [3.63, 3.8) is 0 Å². The number of hydrogen-bond donors (Lipinski definition) is 0. The Morgan fingerprint density at radius 3 is 3.00 bits per heavy atom. The number of nitrogens with zero attached hydrogens (tertiary/aromatic N) is 4. The molecule has 0 fully saturated rings. The van der Waals surface area contributed by atoms with Gasteiger partial charge in [-0.15, -0.1) is 0 Å². The van der Waals surface area contributed by atoms with E-state index in [9.17, 15) is 4.79 Å². The van der Waals surface area contributed by atoms with Crippen LogP contribution in [-0.4, -0.2) is 24.3 Å². The zero-order valence-corrected chi connectivity index (χ0v) is 7.65. The van der Waals surface area contributed by atoms with Crippen LogP contribution in [0.2, 0.25) is 0 Å². The highest BCUT2D eigenvalue weighted by atomic mass is 32.1. The molecule has 2 aromatic rings. The lowest BCUT2D eigenvalue weighted by atomic mass is 10.2. The summed E-state index contributed by atoms with van der Waals surface area (Å²) >= 11 is 1.02.